The third kappa shape index (κ3) is 6.35. The van der Waals surface area contributed by atoms with Crippen LogP contribution in [0.15, 0.2) is 18.2 Å². The van der Waals surface area contributed by atoms with Crippen molar-refractivity contribution in [1.29, 1.82) is 0 Å². The molecule has 1 amide bonds. The summed E-state index contributed by atoms with van der Waals surface area (Å²) >= 11 is 0. The normalized spacial score (nSPS) is 11.8. The predicted octanol–water partition coefficient (Wildman–Crippen LogP) is 2.14. The Bertz CT molecular complexity index is 463. The zero-order valence-electron chi connectivity index (χ0n) is 14.1. The first kappa shape index (κ1) is 18.3. The predicted molar refractivity (Wildman–Crippen MR) is 88.6 cm³/mol. The van der Waals surface area contributed by atoms with Crippen LogP contribution in [0.4, 0.5) is 0 Å². The molecule has 5 heteroatoms. The molecule has 0 spiro atoms. The average Bonchev–Trinajstić information content (AvgIpc) is 2.54. The Kier molecular flexibility index (Phi) is 8.36. The van der Waals surface area contributed by atoms with E-state index in [1.165, 1.54) is 0 Å². The van der Waals surface area contributed by atoms with Crippen molar-refractivity contribution in [2.24, 2.45) is 0 Å². The Morgan fingerprint density at radius 2 is 1.91 bits per heavy atom. The molecule has 2 N–H and O–H groups in total. The lowest BCUT2D eigenvalue weighted by Gasteiger charge is -2.11. The van der Waals surface area contributed by atoms with Crippen LogP contribution >= 0.6 is 0 Å². The smallest absolute Gasteiger partial charge is 0.221 e. The SMILES string of the molecule is CCC(C)NCCC(=O)NCCc1ccc(OC)c(OC)c1. The lowest BCUT2D eigenvalue weighted by molar-refractivity contribution is -0.120. The molecule has 0 saturated carbocycles. The standard InChI is InChI=1S/C17H28N2O3/c1-5-13(2)18-11-9-17(20)19-10-8-14-6-7-15(21-3)16(12-14)22-4/h6-7,12-13,18H,5,8-11H2,1-4H3,(H,19,20). The number of ether oxygens (including phenoxy) is 2. The highest BCUT2D eigenvalue weighted by Crippen LogP contribution is 2.27. The van der Waals surface area contributed by atoms with E-state index in [0.717, 1.165) is 24.9 Å². The lowest BCUT2D eigenvalue weighted by Crippen LogP contribution is -2.32. The largest absolute Gasteiger partial charge is 0.493 e. The van der Waals surface area contributed by atoms with Gasteiger partial charge in [0, 0.05) is 25.6 Å². The Morgan fingerprint density at radius 1 is 1.18 bits per heavy atom. The van der Waals surface area contributed by atoms with Gasteiger partial charge in [0.25, 0.3) is 0 Å². The van der Waals surface area contributed by atoms with Crippen LogP contribution in [0.1, 0.15) is 32.3 Å². The zero-order valence-corrected chi connectivity index (χ0v) is 14.1. The Hall–Kier alpha value is -1.75. The maximum absolute atomic E-state index is 11.7. The number of benzene rings is 1. The van der Waals surface area contributed by atoms with Crippen molar-refractivity contribution < 1.29 is 14.3 Å². The van der Waals surface area contributed by atoms with E-state index in [1.54, 1.807) is 14.2 Å². The second-order valence-electron chi connectivity index (χ2n) is 5.30. The van der Waals surface area contributed by atoms with Gasteiger partial charge in [-0.05, 0) is 37.5 Å². The number of rotatable bonds is 10. The number of nitrogens with one attached hydrogen (secondary N) is 2. The number of hydrogen-bond donors (Lipinski definition) is 2. The van der Waals surface area contributed by atoms with Gasteiger partial charge < -0.3 is 20.1 Å². The van der Waals surface area contributed by atoms with Gasteiger partial charge in [-0.1, -0.05) is 13.0 Å². The third-order valence-corrected chi connectivity index (χ3v) is 3.64. The molecule has 124 valence electrons. The van der Waals surface area contributed by atoms with Gasteiger partial charge in [-0.25, -0.2) is 0 Å². The molecule has 5 nitrogen and oxygen atoms in total. The van der Waals surface area contributed by atoms with E-state index in [1.807, 2.05) is 18.2 Å². The molecule has 0 fully saturated rings. The Balaban J connectivity index is 2.30. The minimum absolute atomic E-state index is 0.0799. The van der Waals surface area contributed by atoms with Crippen LogP contribution in [-0.4, -0.2) is 39.3 Å². The molecule has 0 aliphatic rings. The minimum Gasteiger partial charge on any atom is -0.493 e. The summed E-state index contributed by atoms with van der Waals surface area (Å²) in [5.41, 5.74) is 1.11. The summed E-state index contributed by atoms with van der Waals surface area (Å²) in [6, 6.07) is 6.26. The van der Waals surface area contributed by atoms with Crippen LogP contribution in [-0.2, 0) is 11.2 Å². The van der Waals surface area contributed by atoms with Gasteiger partial charge in [0.05, 0.1) is 14.2 Å². The van der Waals surface area contributed by atoms with Crippen molar-refractivity contribution in [3.63, 3.8) is 0 Å². The molecule has 0 aromatic heterocycles. The minimum atomic E-state index is 0.0799. The maximum atomic E-state index is 11.7. The number of amides is 1. The second-order valence-corrected chi connectivity index (χ2v) is 5.30. The molecule has 0 radical (unpaired) electrons. The Morgan fingerprint density at radius 3 is 2.55 bits per heavy atom. The van der Waals surface area contributed by atoms with Crippen molar-refractivity contribution in [3.8, 4) is 11.5 Å². The van der Waals surface area contributed by atoms with E-state index < -0.39 is 0 Å². The molecule has 0 saturated heterocycles. The van der Waals surface area contributed by atoms with E-state index in [0.29, 0.717) is 30.5 Å². The van der Waals surface area contributed by atoms with E-state index >= 15 is 0 Å². The van der Waals surface area contributed by atoms with Crippen molar-refractivity contribution in [1.82, 2.24) is 10.6 Å². The topological polar surface area (TPSA) is 59.6 Å². The van der Waals surface area contributed by atoms with Gasteiger partial charge in [0.1, 0.15) is 0 Å². The molecule has 1 unspecified atom stereocenters. The van der Waals surface area contributed by atoms with Crippen LogP contribution in [0, 0.1) is 0 Å². The summed E-state index contributed by atoms with van der Waals surface area (Å²) < 4.78 is 10.5. The van der Waals surface area contributed by atoms with E-state index in [-0.39, 0.29) is 5.91 Å². The highest BCUT2D eigenvalue weighted by Gasteiger charge is 2.06. The molecule has 1 aromatic rings. The fourth-order valence-corrected chi connectivity index (χ4v) is 2.05. The van der Waals surface area contributed by atoms with Gasteiger partial charge in [0.2, 0.25) is 5.91 Å². The molecule has 1 aromatic carbocycles. The fraction of sp³-hybridized carbons (Fsp3) is 0.588. The van der Waals surface area contributed by atoms with Gasteiger partial charge in [-0.2, -0.15) is 0 Å². The van der Waals surface area contributed by atoms with Crippen molar-refractivity contribution in [3.05, 3.63) is 23.8 Å². The summed E-state index contributed by atoms with van der Waals surface area (Å²) in [5, 5.41) is 6.25. The van der Waals surface area contributed by atoms with Crippen molar-refractivity contribution >= 4 is 5.91 Å². The lowest BCUT2D eigenvalue weighted by atomic mass is 10.1. The van der Waals surface area contributed by atoms with Gasteiger partial charge in [-0.15, -0.1) is 0 Å². The van der Waals surface area contributed by atoms with Crippen LogP contribution in [0.3, 0.4) is 0 Å². The highest BCUT2D eigenvalue weighted by atomic mass is 16.5. The zero-order chi connectivity index (χ0) is 16.4. The molecule has 0 heterocycles. The maximum Gasteiger partial charge on any atom is 0.221 e. The summed E-state index contributed by atoms with van der Waals surface area (Å²) in [6.45, 7) is 5.59. The number of hydrogen-bond acceptors (Lipinski definition) is 4. The van der Waals surface area contributed by atoms with Crippen molar-refractivity contribution in [2.45, 2.75) is 39.2 Å². The molecule has 0 aliphatic carbocycles. The number of carbonyl (C=O) groups is 1. The summed E-state index contributed by atoms with van der Waals surface area (Å²) in [7, 11) is 3.24. The molecule has 0 aliphatic heterocycles. The first-order valence-electron chi connectivity index (χ1n) is 7.81. The summed E-state index contributed by atoms with van der Waals surface area (Å²) in [6.07, 6.45) is 2.35. The first-order valence-corrected chi connectivity index (χ1v) is 7.81. The first-order chi connectivity index (χ1) is 10.6. The number of carbonyl (C=O) groups excluding carboxylic acids is 1. The van der Waals surface area contributed by atoms with Gasteiger partial charge in [0.15, 0.2) is 11.5 Å². The van der Waals surface area contributed by atoms with Gasteiger partial charge in [-0.3, -0.25) is 4.79 Å². The van der Waals surface area contributed by atoms with E-state index in [2.05, 4.69) is 24.5 Å². The number of methoxy groups -OCH3 is 2. The Labute approximate surface area is 133 Å². The summed E-state index contributed by atoms with van der Waals surface area (Å²) in [5.74, 6) is 1.51. The highest BCUT2D eigenvalue weighted by molar-refractivity contribution is 5.76. The van der Waals surface area contributed by atoms with E-state index in [9.17, 15) is 4.79 Å². The molecular weight excluding hydrogens is 280 g/mol. The van der Waals surface area contributed by atoms with E-state index in [4.69, 9.17) is 9.47 Å². The molecular formula is C17H28N2O3. The molecule has 22 heavy (non-hydrogen) atoms. The molecule has 0 bridgehead atoms. The van der Waals surface area contributed by atoms with Crippen LogP contribution in [0.5, 0.6) is 11.5 Å². The average molecular weight is 308 g/mol. The monoisotopic (exact) mass is 308 g/mol. The quantitative estimate of drug-likeness (QED) is 0.695. The van der Waals surface area contributed by atoms with Crippen LogP contribution in [0.2, 0.25) is 0 Å². The molecule has 1 atom stereocenters. The molecule has 1 rings (SSSR count). The second kappa shape index (κ2) is 10.1. The van der Waals surface area contributed by atoms with Crippen molar-refractivity contribution in [2.75, 3.05) is 27.3 Å². The third-order valence-electron chi connectivity index (χ3n) is 3.64. The summed E-state index contributed by atoms with van der Waals surface area (Å²) in [4.78, 5) is 11.7. The van der Waals surface area contributed by atoms with Crippen LogP contribution < -0.4 is 20.1 Å². The fourth-order valence-electron chi connectivity index (χ4n) is 2.05. The van der Waals surface area contributed by atoms with Crippen LogP contribution in [0.25, 0.3) is 0 Å². The van der Waals surface area contributed by atoms with Gasteiger partial charge >= 0.3 is 0 Å².